The molecule has 0 aliphatic rings. The second-order valence-corrected chi connectivity index (χ2v) is 7.50. The minimum atomic E-state index is -0.121. The monoisotopic (exact) mass is 342 g/mol. The number of carbonyl (C=O) groups excluding carboxylic acids is 1. The predicted molar refractivity (Wildman–Crippen MR) is 99.9 cm³/mol. The molecule has 5 heteroatoms. The quantitative estimate of drug-likeness (QED) is 0.646. The largest absolute Gasteiger partial charge is 0.298 e. The molecule has 0 radical (unpaired) electrons. The summed E-state index contributed by atoms with van der Waals surface area (Å²) in [6, 6.07) is 13.9. The van der Waals surface area contributed by atoms with Crippen LogP contribution in [0, 0.1) is 0 Å². The van der Waals surface area contributed by atoms with E-state index in [-0.39, 0.29) is 5.91 Å². The van der Waals surface area contributed by atoms with Crippen LogP contribution in [0.2, 0.25) is 0 Å². The van der Waals surface area contributed by atoms with Crippen molar-refractivity contribution in [2.45, 2.75) is 24.7 Å². The van der Waals surface area contributed by atoms with Crippen molar-refractivity contribution >= 4 is 44.4 Å². The molecule has 0 saturated carbocycles. The molecular weight excluding hydrogens is 324 g/mol. The van der Waals surface area contributed by atoms with Gasteiger partial charge in [-0.25, -0.2) is 4.98 Å². The van der Waals surface area contributed by atoms with Crippen LogP contribution in [0.4, 0.5) is 5.13 Å². The molecule has 0 unspecified atom stereocenters. The van der Waals surface area contributed by atoms with Crippen LogP contribution in [0.25, 0.3) is 10.2 Å². The Labute approximate surface area is 144 Å². The highest BCUT2D eigenvalue weighted by molar-refractivity contribution is 7.98. The van der Waals surface area contributed by atoms with Crippen molar-refractivity contribution in [3.05, 3.63) is 53.6 Å². The Morgan fingerprint density at radius 3 is 2.78 bits per heavy atom. The molecule has 3 nitrogen and oxygen atoms in total. The zero-order valence-electron chi connectivity index (χ0n) is 13.3. The summed E-state index contributed by atoms with van der Waals surface area (Å²) in [7, 11) is 0. The number of fused-ring (bicyclic) bond motifs is 1. The third kappa shape index (κ3) is 3.57. The van der Waals surface area contributed by atoms with Crippen molar-refractivity contribution in [2.75, 3.05) is 11.6 Å². The molecule has 0 spiro atoms. The van der Waals surface area contributed by atoms with Crippen molar-refractivity contribution in [1.29, 1.82) is 0 Å². The molecule has 3 aromatic rings. The molecule has 0 aliphatic heterocycles. The standard InChI is InChI=1S/C18H18N2OS2/c1-11(2)12-7-8-15-16(10-12)23-18(19-15)20-17(21)13-5-4-6-14(9-13)22-3/h4-11H,1-3H3,(H,19,20,21). The van der Waals surface area contributed by atoms with Crippen LogP contribution in [0.3, 0.4) is 0 Å². The zero-order valence-corrected chi connectivity index (χ0v) is 14.9. The maximum atomic E-state index is 12.4. The lowest BCUT2D eigenvalue weighted by Gasteiger charge is -2.03. The minimum Gasteiger partial charge on any atom is -0.298 e. The molecule has 1 heterocycles. The molecule has 2 aromatic carbocycles. The Hall–Kier alpha value is -1.85. The molecule has 0 atom stereocenters. The van der Waals surface area contributed by atoms with Crippen LogP contribution in [-0.4, -0.2) is 17.1 Å². The first-order valence-electron chi connectivity index (χ1n) is 7.42. The van der Waals surface area contributed by atoms with Gasteiger partial charge in [0.1, 0.15) is 0 Å². The third-order valence-electron chi connectivity index (χ3n) is 3.63. The van der Waals surface area contributed by atoms with E-state index in [4.69, 9.17) is 0 Å². The smallest absolute Gasteiger partial charge is 0.257 e. The fourth-order valence-corrected chi connectivity index (χ4v) is 3.66. The van der Waals surface area contributed by atoms with Gasteiger partial charge < -0.3 is 0 Å². The number of thioether (sulfide) groups is 1. The summed E-state index contributed by atoms with van der Waals surface area (Å²) < 4.78 is 1.10. The van der Waals surface area contributed by atoms with Gasteiger partial charge in [0.25, 0.3) is 5.91 Å². The highest BCUT2D eigenvalue weighted by atomic mass is 32.2. The van der Waals surface area contributed by atoms with E-state index in [0.717, 1.165) is 15.1 Å². The van der Waals surface area contributed by atoms with Gasteiger partial charge in [-0.15, -0.1) is 11.8 Å². The predicted octanol–water partition coefficient (Wildman–Crippen LogP) is 5.39. The highest BCUT2D eigenvalue weighted by Crippen LogP contribution is 2.29. The normalized spacial score (nSPS) is 11.1. The van der Waals surface area contributed by atoms with Gasteiger partial charge in [-0.3, -0.25) is 10.1 Å². The lowest BCUT2D eigenvalue weighted by atomic mass is 10.0. The Kier molecular flexibility index (Phi) is 4.68. The molecule has 1 aromatic heterocycles. The van der Waals surface area contributed by atoms with E-state index in [2.05, 4.69) is 36.3 Å². The summed E-state index contributed by atoms with van der Waals surface area (Å²) in [5, 5.41) is 3.55. The molecule has 1 N–H and O–H groups in total. The highest BCUT2D eigenvalue weighted by Gasteiger charge is 2.11. The van der Waals surface area contributed by atoms with Crippen molar-refractivity contribution < 1.29 is 4.79 Å². The fraction of sp³-hybridized carbons (Fsp3) is 0.222. The average Bonchev–Trinajstić information content (AvgIpc) is 2.96. The first-order valence-corrected chi connectivity index (χ1v) is 9.47. The van der Waals surface area contributed by atoms with E-state index in [1.165, 1.54) is 16.9 Å². The number of amides is 1. The topological polar surface area (TPSA) is 42.0 Å². The van der Waals surface area contributed by atoms with Gasteiger partial charge in [0.2, 0.25) is 0 Å². The van der Waals surface area contributed by atoms with E-state index < -0.39 is 0 Å². The second-order valence-electron chi connectivity index (χ2n) is 5.59. The molecule has 118 valence electrons. The van der Waals surface area contributed by atoms with Crippen LogP contribution in [0.15, 0.2) is 47.4 Å². The summed E-state index contributed by atoms with van der Waals surface area (Å²) in [5.74, 6) is 0.359. The second kappa shape index (κ2) is 6.72. The number of rotatable bonds is 4. The van der Waals surface area contributed by atoms with Crippen molar-refractivity contribution in [2.24, 2.45) is 0 Å². The van der Waals surface area contributed by atoms with Gasteiger partial charge in [0.15, 0.2) is 5.13 Å². The molecule has 1 amide bonds. The van der Waals surface area contributed by atoms with E-state index in [1.54, 1.807) is 11.8 Å². The Morgan fingerprint density at radius 1 is 1.22 bits per heavy atom. The number of benzene rings is 2. The molecule has 0 bridgehead atoms. The van der Waals surface area contributed by atoms with Gasteiger partial charge in [-0.1, -0.05) is 37.3 Å². The van der Waals surface area contributed by atoms with E-state index >= 15 is 0 Å². The van der Waals surface area contributed by atoms with Crippen LogP contribution in [0.5, 0.6) is 0 Å². The number of anilines is 1. The van der Waals surface area contributed by atoms with E-state index in [1.807, 2.05) is 36.6 Å². The van der Waals surface area contributed by atoms with Crippen LogP contribution in [-0.2, 0) is 0 Å². The molecule has 3 rings (SSSR count). The number of hydrogen-bond donors (Lipinski definition) is 1. The Morgan fingerprint density at radius 2 is 2.04 bits per heavy atom. The number of hydrogen-bond acceptors (Lipinski definition) is 4. The maximum absolute atomic E-state index is 12.4. The zero-order chi connectivity index (χ0) is 16.4. The lowest BCUT2D eigenvalue weighted by Crippen LogP contribution is -2.11. The van der Waals surface area contributed by atoms with E-state index in [0.29, 0.717) is 16.6 Å². The Bertz CT molecular complexity index is 855. The molecule has 0 fully saturated rings. The van der Waals surface area contributed by atoms with Crippen LogP contribution >= 0.6 is 23.1 Å². The first kappa shape index (κ1) is 16.0. The molecule has 0 aliphatic carbocycles. The lowest BCUT2D eigenvalue weighted by molar-refractivity contribution is 0.102. The van der Waals surface area contributed by atoms with Gasteiger partial charge in [0, 0.05) is 10.5 Å². The third-order valence-corrected chi connectivity index (χ3v) is 5.29. The van der Waals surface area contributed by atoms with E-state index in [9.17, 15) is 4.79 Å². The molecule has 0 saturated heterocycles. The van der Waals surface area contributed by atoms with Crippen molar-refractivity contribution in [1.82, 2.24) is 4.98 Å². The first-order chi connectivity index (χ1) is 11.1. The Balaban J connectivity index is 1.84. The summed E-state index contributed by atoms with van der Waals surface area (Å²) >= 11 is 3.14. The number of thiazole rings is 1. The summed E-state index contributed by atoms with van der Waals surface area (Å²) in [5.41, 5.74) is 2.86. The van der Waals surface area contributed by atoms with Crippen LogP contribution in [0.1, 0.15) is 35.7 Å². The number of nitrogens with one attached hydrogen (secondary N) is 1. The van der Waals surface area contributed by atoms with Crippen molar-refractivity contribution in [3.63, 3.8) is 0 Å². The average molecular weight is 342 g/mol. The summed E-state index contributed by atoms with van der Waals surface area (Å²) in [6.45, 7) is 4.34. The van der Waals surface area contributed by atoms with Gasteiger partial charge in [-0.05, 0) is 48.1 Å². The molecular formula is C18H18N2OS2. The summed E-state index contributed by atoms with van der Waals surface area (Å²) in [4.78, 5) is 18.0. The van der Waals surface area contributed by atoms with Crippen LogP contribution < -0.4 is 5.32 Å². The van der Waals surface area contributed by atoms with Crippen molar-refractivity contribution in [3.8, 4) is 0 Å². The summed E-state index contributed by atoms with van der Waals surface area (Å²) in [6.07, 6.45) is 2.00. The van der Waals surface area contributed by atoms with Gasteiger partial charge in [0.05, 0.1) is 10.2 Å². The SMILES string of the molecule is CSc1cccc(C(=O)Nc2nc3ccc(C(C)C)cc3s2)c1. The number of aromatic nitrogens is 1. The fourth-order valence-electron chi connectivity index (χ4n) is 2.29. The maximum Gasteiger partial charge on any atom is 0.257 e. The number of carbonyl (C=O) groups is 1. The minimum absolute atomic E-state index is 0.121. The number of nitrogens with zero attached hydrogens (tertiary/aromatic N) is 1. The molecule has 23 heavy (non-hydrogen) atoms. The van der Waals surface area contributed by atoms with Gasteiger partial charge in [-0.2, -0.15) is 0 Å². The van der Waals surface area contributed by atoms with Gasteiger partial charge >= 0.3 is 0 Å².